The van der Waals surface area contributed by atoms with Crippen LogP contribution in [0.3, 0.4) is 0 Å². The molecule has 0 unspecified atom stereocenters. The monoisotopic (exact) mass is 162 g/mol. The van der Waals surface area contributed by atoms with E-state index in [2.05, 4.69) is 22.0 Å². The lowest BCUT2D eigenvalue weighted by Gasteiger charge is -1.94. The van der Waals surface area contributed by atoms with Crippen molar-refractivity contribution in [3.8, 4) is 0 Å². The minimum Gasteiger partial charge on any atom is -0.497 e. The highest BCUT2D eigenvalue weighted by Crippen LogP contribution is 2.10. The summed E-state index contributed by atoms with van der Waals surface area (Å²) in [7, 11) is 0. The second-order valence-corrected chi connectivity index (χ2v) is 2.00. The molecule has 1 heterocycles. The fourth-order valence-electron chi connectivity index (χ4n) is 0.562. The highest BCUT2D eigenvalue weighted by molar-refractivity contribution is 9.09. The predicted octanol–water partition coefficient (Wildman–Crippen LogP) is 1.69. The first-order chi connectivity index (χ1) is 3.43. The molecule has 40 valence electrons. The molecule has 7 heavy (non-hydrogen) atoms. The Morgan fingerprint density at radius 1 is 1.86 bits per heavy atom. The number of alkyl halides is 1. The molecule has 0 radical (unpaired) electrons. The Morgan fingerprint density at radius 3 is 3.00 bits per heavy atom. The summed E-state index contributed by atoms with van der Waals surface area (Å²) in [6.45, 7) is 0.876. The first-order valence-corrected chi connectivity index (χ1v) is 3.43. The molecule has 0 aromatic rings. The van der Waals surface area contributed by atoms with Crippen LogP contribution in [0.4, 0.5) is 0 Å². The second-order valence-electron chi connectivity index (χ2n) is 1.44. The zero-order valence-corrected chi connectivity index (χ0v) is 5.57. The summed E-state index contributed by atoms with van der Waals surface area (Å²) >= 11 is 3.28. The van der Waals surface area contributed by atoms with E-state index in [1.807, 2.05) is 0 Å². The van der Waals surface area contributed by atoms with Crippen molar-refractivity contribution in [2.24, 2.45) is 0 Å². The molecule has 1 rings (SSSR count). The van der Waals surface area contributed by atoms with Gasteiger partial charge in [-0.05, 0) is 6.08 Å². The van der Waals surface area contributed by atoms with Crippen LogP contribution >= 0.6 is 15.9 Å². The van der Waals surface area contributed by atoms with E-state index < -0.39 is 0 Å². The van der Waals surface area contributed by atoms with Gasteiger partial charge in [-0.1, -0.05) is 15.9 Å². The molecule has 0 atom stereocenters. The van der Waals surface area contributed by atoms with Gasteiger partial charge in [-0.2, -0.15) is 0 Å². The number of ether oxygens (including phenoxy) is 1. The Morgan fingerprint density at radius 2 is 2.71 bits per heavy atom. The van der Waals surface area contributed by atoms with Crippen LogP contribution in [0.1, 0.15) is 6.42 Å². The summed E-state index contributed by atoms with van der Waals surface area (Å²) in [5.41, 5.74) is 0. The molecular weight excluding hydrogens is 156 g/mol. The Kier molecular flexibility index (Phi) is 1.74. The molecule has 0 spiro atoms. The van der Waals surface area contributed by atoms with E-state index in [4.69, 9.17) is 4.74 Å². The fraction of sp³-hybridized carbons (Fsp3) is 0.600. The van der Waals surface area contributed by atoms with E-state index in [9.17, 15) is 0 Å². The van der Waals surface area contributed by atoms with Gasteiger partial charge in [-0.15, -0.1) is 0 Å². The van der Waals surface area contributed by atoms with E-state index in [0.717, 1.165) is 24.1 Å². The number of halogens is 1. The van der Waals surface area contributed by atoms with Gasteiger partial charge in [-0.25, -0.2) is 0 Å². The summed E-state index contributed by atoms with van der Waals surface area (Å²) in [4.78, 5) is 0. The van der Waals surface area contributed by atoms with Crippen LogP contribution in [0, 0.1) is 0 Å². The van der Waals surface area contributed by atoms with Crippen LogP contribution in [-0.4, -0.2) is 11.9 Å². The van der Waals surface area contributed by atoms with Crippen molar-refractivity contribution >= 4 is 15.9 Å². The van der Waals surface area contributed by atoms with Crippen molar-refractivity contribution in [1.29, 1.82) is 0 Å². The van der Waals surface area contributed by atoms with Crippen molar-refractivity contribution in [3.63, 3.8) is 0 Å². The third kappa shape index (κ3) is 1.20. The summed E-state index contributed by atoms with van der Waals surface area (Å²) in [5.74, 6) is 1.08. The molecule has 0 saturated carbocycles. The zero-order valence-electron chi connectivity index (χ0n) is 3.98. The van der Waals surface area contributed by atoms with Gasteiger partial charge in [0.2, 0.25) is 0 Å². The minimum absolute atomic E-state index is 0.868. The van der Waals surface area contributed by atoms with Crippen LogP contribution in [0.25, 0.3) is 0 Å². The third-order valence-electron chi connectivity index (χ3n) is 0.909. The average molecular weight is 163 g/mol. The van der Waals surface area contributed by atoms with Crippen LogP contribution in [-0.2, 0) is 4.74 Å². The molecule has 0 saturated heterocycles. The number of hydrogen-bond acceptors (Lipinski definition) is 1. The fourth-order valence-corrected chi connectivity index (χ4v) is 0.953. The van der Waals surface area contributed by atoms with E-state index in [0.29, 0.717) is 0 Å². The molecule has 1 nitrogen and oxygen atoms in total. The minimum atomic E-state index is 0.868. The standard InChI is InChI=1S/C5H7BrO/c6-4-5-2-1-3-7-5/h2H,1,3-4H2. The maximum absolute atomic E-state index is 5.12. The van der Waals surface area contributed by atoms with E-state index in [1.165, 1.54) is 0 Å². The van der Waals surface area contributed by atoms with Gasteiger partial charge in [-0.3, -0.25) is 0 Å². The highest BCUT2D eigenvalue weighted by atomic mass is 79.9. The van der Waals surface area contributed by atoms with Crippen LogP contribution in [0.2, 0.25) is 0 Å². The quantitative estimate of drug-likeness (QED) is 0.534. The Balaban J connectivity index is 2.36. The van der Waals surface area contributed by atoms with E-state index in [1.54, 1.807) is 0 Å². The molecule has 0 aromatic heterocycles. The Bertz CT molecular complexity index is 88.1. The Labute approximate surface area is 51.5 Å². The van der Waals surface area contributed by atoms with Gasteiger partial charge in [0.05, 0.1) is 11.9 Å². The number of rotatable bonds is 1. The lowest BCUT2D eigenvalue weighted by molar-refractivity contribution is 0.249. The molecule has 0 aliphatic carbocycles. The van der Waals surface area contributed by atoms with E-state index >= 15 is 0 Å². The van der Waals surface area contributed by atoms with Crippen molar-refractivity contribution in [2.75, 3.05) is 11.9 Å². The van der Waals surface area contributed by atoms with Gasteiger partial charge in [0, 0.05) is 6.42 Å². The van der Waals surface area contributed by atoms with Crippen molar-refractivity contribution < 1.29 is 4.74 Å². The summed E-state index contributed by atoms with van der Waals surface area (Å²) in [5, 5.41) is 0.868. The van der Waals surface area contributed by atoms with Gasteiger partial charge in [0.25, 0.3) is 0 Å². The SMILES string of the molecule is BrCC1=CCCO1. The predicted molar refractivity (Wildman–Crippen MR) is 32.4 cm³/mol. The second kappa shape index (κ2) is 2.36. The summed E-state index contributed by atoms with van der Waals surface area (Å²) in [6, 6.07) is 0. The molecule has 1 aliphatic rings. The van der Waals surface area contributed by atoms with Gasteiger partial charge in [0.15, 0.2) is 0 Å². The number of hydrogen-bond donors (Lipinski definition) is 0. The number of allylic oxidation sites excluding steroid dienone is 1. The van der Waals surface area contributed by atoms with Crippen molar-refractivity contribution in [3.05, 3.63) is 11.8 Å². The third-order valence-corrected chi connectivity index (χ3v) is 1.46. The summed E-state index contributed by atoms with van der Waals surface area (Å²) < 4.78 is 5.12. The molecular formula is C5H7BrO. The Hall–Kier alpha value is 0.0200. The average Bonchev–Trinajstić information content (AvgIpc) is 2.14. The zero-order chi connectivity index (χ0) is 5.11. The van der Waals surface area contributed by atoms with Crippen LogP contribution < -0.4 is 0 Å². The van der Waals surface area contributed by atoms with Crippen LogP contribution in [0.15, 0.2) is 11.8 Å². The molecule has 0 fully saturated rings. The highest BCUT2D eigenvalue weighted by Gasteiger charge is 2.00. The molecule has 1 aliphatic heterocycles. The van der Waals surface area contributed by atoms with Crippen molar-refractivity contribution in [1.82, 2.24) is 0 Å². The summed E-state index contributed by atoms with van der Waals surface area (Å²) in [6.07, 6.45) is 3.19. The molecule has 2 heteroatoms. The largest absolute Gasteiger partial charge is 0.497 e. The smallest absolute Gasteiger partial charge is 0.103 e. The van der Waals surface area contributed by atoms with Crippen molar-refractivity contribution in [2.45, 2.75) is 6.42 Å². The van der Waals surface area contributed by atoms with Gasteiger partial charge < -0.3 is 4.74 Å². The first-order valence-electron chi connectivity index (χ1n) is 2.31. The topological polar surface area (TPSA) is 9.23 Å². The van der Waals surface area contributed by atoms with Gasteiger partial charge in [0.1, 0.15) is 5.76 Å². The normalized spacial score (nSPS) is 18.7. The van der Waals surface area contributed by atoms with Crippen LogP contribution in [0.5, 0.6) is 0 Å². The molecule has 0 aromatic carbocycles. The molecule has 0 amide bonds. The van der Waals surface area contributed by atoms with Gasteiger partial charge >= 0.3 is 0 Å². The lowest BCUT2D eigenvalue weighted by atomic mass is 10.4. The first kappa shape index (κ1) is 5.16. The molecule has 0 bridgehead atoms. The van der Waals surface area contributed by atoms with E-state index in [-0.39, 0.29) is 0 Å². The molecule has 0 N–H and O–H groups in total. The maximum Gasteiger partial charge on any atom is 0.103 e. The lowest BCUT2D eigenvalue weighted by Crippen LogP contribution is -1.83. The maximum atomic E-state index is 5.12.